The van der Waals surface area contributed by atoms with E-state index >= 15 is 8.78 Å². The van der Waals surface area contributed by atoms with Gasteiger partial charge in [0.2, 0.25) is 0 Å². The first-order valence-electron chi connectivity index (χ1n) is 10.1. The summed E-state index contributed by atoms with van der Waals surface area (Å²) in [5.41, 5.74) is -5.14. The van der Waals surface area contributed by atoms with Gasteiger partial charge < -0.3 is 0 Å². The zero-order valence-corrected chi connectivity index (χ0v) is 18.8. The molecule has 1 unspecified atom stereocenters. The zero-order valence-electron chi connectivity index (χ0n) is 18.0. The molecule has 4 rings (SSSR count). The zero-order chi connectivity index (χ0) is 26.3. The van der Waals surface area contributed by atoms with E-state index < -0.39 is 44.3 Å². The molecule has 0 radical (unpaired) electrons. The Labute approximate surface area is 202 Å². The van der Waals surface area contributed by atoms with Crippen molar-refractivity contribution in [1.82, 2.24) is 4.41 Å². The first-order chi connectivity index (χ1) is 17.0. The van der Waals surface area contributed by atoms with E-state index in [9.17, 15) is 32.7 Å². The Bertz CT molecular complexity index is 1490. The normalized spacial score (nSPS) is 18.5. The number of nitro benzene ring substituents is 1. The van der Waals surface area contributed by atoms with Crippen molar-refractivity contribution < 1.29 is 31.1 Å². The number of non-ortho nitro benzene ring substituents is 1. The van der Waals surface area contributed by atoms with Crippen LogP contribution in [0.4, 0.5) is 24.5 Å². The molecule has 0 aliphatic carbocycles. The summed E-state index contributed by atoms with van der Waals surface area (Å²) in [6, 6.07) is 16.6. The Balaban J connectivity index is 2.16. The summed E-state index contributed by atoms with van der Waals surface area (Å²) in [7, 11) is -5.54. The molecule has 1 atom stereocenters. The van der Waals surface area contributed by atoms with E-state index in [2.05, 4.69) is 0 Å². The van der Waals surface area contributed by atoms with Gasteiger partial charge in [-0.05, 0) is 42.0 Å². The maximum atomic E-state index is 15.1. The standard InChI is InChI=1S/C23H15F3N4O5S/c24-17-8-6-15(7-9-17)21-20(14-27)23(22(25)26,16-4-2-1-3-5-16)30(36(33,34)35)28(21)18-10-12-19(13-11-18)29(31)32/h1-13,22H,(H,33,34,35). The fraction of sp³-hybridized carbons (Fsp3) is 0.0870. The van der Waals surface area contributed by atoms with Crippen LogP contribution in [0, 0.1) is 27.3 Å². The van der Waals surface area contributed by atoms with Crippen LogP contribution in [0.15, 0.2) is 84.4 Å². The highest BCUT2D eigenvalue weighted by Gasteiger charge is 2.64. The van der Waals surface area contributed by atoms with Crippen LogP contribution in [0.25, 0.3) is 5.70 Å². The SMILES string of the molecule is N#CC1=C(c2ccc(F)cc2)N(c2ccc([N+](=O)[O-])cc2)N(S(=O)(=O)O)C1(c1ccccc1)C(F)F. The van der Waals surface area contributed by atoms with Gasteiger partial charge in [-0.1, -0.05) is 34.7 Å². The molecule has 1 aliphatic heterocycles. The molecular formula is C23H15F3N4O5S. The lowest BCUT2D eigenvalue weighted by molar-refractivity contribution is -0.384. The highest BCUT2D eigenvalue weighted by molar-refractivity contribution is 7.83. The average molecular weight is 516 g/mol. The molecule has 184 valence electrons. The van der Waals surface area contributed by atoms with Crippen LogP contribution in [0.5, 0.6) is 0 Å². The first kappa shape index (κ1) is 24.9. The number of rotatable bonds is 6. The fourth-order valence-electron chi connectivity index (χ4n) is 4.14. The van der Waals surface area contributed by atoms with Crippen LogP contribution in [0.2, 0.25) is 0 Å². The maximum Gasteiger partial charge on any atom is 0.354 e. The van der Waals surface area contributed by atoms with Crippen molar-refractivity contribution in [3.8, 4) is 6.07 Å². The number of anilines is 1. The van der Waals surface area contributed by atoms with Gasteiger partial charge in [0.15, 0.2) is 5.54 Å². The molecule has 3 aromatic rings. The van der Waals surface area contributed by atoms with E-state index in [1.165, 1.54) is 30.3 Å². The lowest BCUT2D eigenvalue weighted by atomic mass is 9.83. The Morgan fingerprint density at radius 2 is 1.58 bits per heavy atom. The van der Waals surface area contributed by atoms with E-state index in [0.717, 1.165) is 48.5 Å². The molecule has 0 bridgehead atoms. The predicted octanol–water partition coefficient (Wildman–Crippen LogP) is 4.67. The summed E-state index contributed by atoms with van der Waals surface area (Å²) in [5.74, 6) is -0.687. The molecule has 0 spiro atoms. The number of alkyl halides is 2. The van der Waals surface area contributed by atoms with Crippen molar-refractivity contribution >= 4 is 27.4 Å². The van der Waals surface area contributed by atoms with Gasteiger partial charge in [0.25, 0.3) is 12.1 Å². The summed E-state index contributed by atoms with van der Waals surface area (Å²) in [5, 5.41) is 21.9. The molecule has 0 saturated carbocycles. The van der Waals surface area contributed by atoms with Gasteiger partial charge in [-0.3, -0.25) is 19.7 Å². The van der Waals surface area contributed by atoms with Crippen molar-refractivity contribution in [1.29, 1.82) is 5.26 Å². The van der Waals surface area contributed by atoms with Gasteiger partial charge in [-0.15, -0.1) is 0 Å². The van der Waals surface area contributed by atoms with Gasteiger partial charge in [-0.25, -0.2) is 13.2 Å². The van der Waals surface area contributed by atoms with E-state index in [1.807, 2.05) is 0 Å². The molecular weight excluding hydrogens is 501 g/mol. The van der Waals surface area contributed by atoms with E-state index in [4.69, 9.17) is 0 Å². The monoisotopic (exact) mass is 516 g/mol. The molecule has 36 heavy (non-hydrogen) atoms. The second kappa shape index (κ2) is 9.08. The second-order valence-corrected chi connectivity index (χ2v) is 8.82. The lowest BCUT2D eigenvalue weighted by Crippen LogP contribution is -2.56. The summed E-state index contributed by atoms with van der Waals surface area (Å²) in [6.45, 7) is 0. The molecule has 0 saturated heterocycles. The van der Waals surface area contributed by atoms with Crippen LogP contribution < -0.4 is 5.01 Å². The summed E-state index contributed by atoms with van der Waals surface area (Å²) >= 11 is 0. The third-order valence-corrected chi connectivity index (χ3v) is 6.48. The quantitative estimate of drug-likeness (QED) is 0.286. The van der Waals surface area contributed by atoms with Gasteiger partial charge in [0, 0.05) is 17.7 Å². The van der Waals surface area contributed by atoms with Crippen molar-refractivity contribution in [3.05, 3.63) is 111 Å². The third kappa shape index (κ3) is 3.87. The van der Waals surface area contributed by atoms with Crippen molar-refractivity contribution in [2.45, 2.75) is 12.0 Å². The number of nitrogens with zero attached hydrogens (tertiary/aromatic N) is 4. The van der Waals surface area contributed by atoms with E-state index in [1.54, 1.807) is 6.07 Å². The second-order valence-electron chi connectivity index (χ2n) is 7.58. The highest BCUT2D eigenvalue weighted by atomic mass is 32.2. The molecule has 0 amide bonds. The van der Waals surface area contributed by atoms with Crippen LogP contribution in [0.3, 0.4) is 0 Å². The average Bonchev–Trinajstić information content (AvgIpc) is 3.18. The molecule has 9 nitrogen and oxygen atoms in total. The van der Waals surface area contributed by atoms with Gasteiger partial charge >= 0.3 is 10.3 Å². The molecule has 0 aromatic heterocycles. The van der Waals surface area contributed by atoms with E-state index in [0.29, 0.717) is 5.01 Å². The smallest absolute Gasteiger partial charge is 0.272 e. The number of nitriles is 1. The van der Waals surface area contributed by atoms with Crippen LogP contribution in [0.1, 0.15) is 11.1 Å². The topological polar surface area (TPSA) is 128 Å². The Morgan fingerprint density at radius 3 is 2.06 bits per heavy atom. The predicted molar refractivity (Wildman–Crippen MR) is 122 cm³/mol. The minimum absolute atomic E-state index is 0.0293. The van der Waals surface area contributed by atoms with Crippen molar-refractivity contribution in [2.75, 3.05) is 5.01 Å². The molecule has 1 N–H and O–H groups in total. The fourth-order valence-corrected chi connectivity index (χ4v) is 5.17. The van der Waals surface area contributed by atoms with Crippen LogP contribution in [-0.4, -0.2) is 28.7 Å². The lowest BCUT2D eigenvalue weighted by Gasteiger charge is -2.39. The Hall–Kier alpha value is -4.25. The molecule has 3 aromatic carbocycles. The summed E-state index contributed by atoms with van der Waals surface area (Å²) in [4.78, 5) is 10.4. The van der Waals surface area contributed by atoms with Gasteiger partial charge in [0.05, 0.1) is 28.0 Å². The molecule has 13 heteroatoms. The molecule has 0 fully saturated rings. The largest absolute Gasteiger partial charge is 0.354 e. The third-order valence-electron chi connectivity index (χ3n) is 5.60. The van der Waals surface area contributed by atoms with Crippen molar-refractivity contribution in [2.24, 2.45) is 0 Å². The highest BCUT2D eigenvalue weighted by Crippen LogP contribution is 2.54. The van der Waals surface area contributed by atoms with Gasteiger partial charge in [-0.2, -0.15) is 13.7 Å². The van der Waals surface area contributed by atoms with Crippen LogP contribution in [-0.2, 0) is 15.8 Å². The molecule has 1 heterocycles. The van der Waals surface area contributed by atoms with Crippen LogP contribution >= 0.6 is 0 Å². The summed E-state index contributed by atoms with van der Waals surface area (Å²) in [6.07, 6.45) is -3.59. The number of hydrazine groups is 1. The maximum absolute atomic E-state index is 15.1. The number of hydrogen-bond acceptors (Lipinski definition) is 6. The first-order valence-corrected chi connectivity index (χ1v) is 11.5. The molecule has 1 aliphatic rings. The summed E-state index contributed by atoms with van der Waals surface area (Å²) < 4.78 is 79.8. The number of nitro groups is 1. The number of benzene rings is 3. The Kier molecular flexibility index (Phi) is 6.27. The number of halogens is 3. The van der Waals surface area contributed by atoms with Gasteiger partial charge in [0.1, 0.15) is 5.82 Å². The minimum Gasteiger partial charge on any atom is -0.272 e. The van der Waals surface area contributed by atoms with E-state index in [-0.39, 0.29) is 26.9 Å². The number of hydrogen-bond donors (Lipinski definition) is 1. The Morgan fingerprint density at radius 1 is 1.00 bits per heavy atom. The minimum atomic E-state index is -5.54. The van der Waals surface area contributed by atoms with Crippen molar-refractivity contribution in [3.63, 3.8) is 0 Å².